The van der Waals surface area contributed by atoms with E-state index in [0.29, 0.717) is 22.4 Å². The number of para-hydroxylation sites is 2. The lowest BCUT2D eigenvalue weighted by Gasteiger charge is -2.21. The van der Waals surface area contributed by atoms with Gasteiger partial charge in [-0.25, -0.2) is 0 Å². The van der Waals surface area contributed by atoms with E-state index < -0.39 is 0 Å². The molecule has 0 bridgehead atoms. The highest BCUT2D eigenvalue weighted by Gasteiger charge is 2.24. The first-order valence-corrected chi connectivity index (χ1v) is 11.2. The third-order valence-electron chi connectivity index (χ3n) is 6.19. The molecule has 0 aliphatic heterocycles. The van der Waals surface area contributed by atoms with Crippen LogP contribution in [0.2, 0.25) is 0 Å². The lowest BCUT2D eigenvalue weighted by Crippen LogP contribution is -2.20. The molecule has 0 atom stereocenters. The lowest BCUT2D eigenvalue weighted by atomic mass is 9.85. The molecule has 0 radical (unpaired) electrons. The molecular formula is C27H25N3O2. The number of pyridine rings is 2. The van der Waals surface area contributed by atoms with E-state index in [4.69, 9.17) is 0 Å². The molecule has 1 aliphatic carbocycles. The number of ketones is 1. The van der Waals surface area contributed by atoms with Crippen molar-refractivity contribution in [3.8, 4) is 5.69 Å². The van der Waals surface area contributed by atoms with Crippen LogP contribution in [-0.4, -0.2) is 15.3 Å². The number of hydrogen-bond acceptors (Lipinski definition) is 4. The minimum Gasteiger partial charge on any atom is -0.341 e. The maximum absolute atomic E-state index is 13.2. The Morgan fingerprint density at radius 3 is 2.31 bits per heavy atom. The summed E-state index contributed by atoms with van der Waals surface area (Å²) in [6, 6.07) is 23.0. The Bertz CT molecular complexity index is 1310. The van der Waals surface area contributed by atoms with Crippen molar-refractivity contribution in [2.75, 3.05) is 5.32 Å². The quantitative estimate of drug-likeness (QED) is 0.406. The summed E-state index contributed by atoms with van der Waals surface area (Å²) in [5.41, 5.74) is 2.76. The van der Waals surface area contributed by atoms with Gasteiger partial charge in [-0.15, -0.1) is 0 Å². The van der Waals surface area contributed by atoms with Crippen molar-refractivity contribution in [3.63, 3.8) is 0 Å². The fourth-order valence-corrected chi connectivity index (χ4v) is 4.54. The standard InChI is InChI=1S/C27H25N3O2/c31-25-17-26(29-20-12-6-2-7-13-20)30(21-14-8-3-9-15-21)24-16-23(28-18-22(24)25)27(32)19-10-4-1-5-11-19/h2-3,6-9,12-19,29H,1,4-5,10-11H2. The van der Waals surface area contributed by atoms with Gasteiger partial charge >= 0.3 is 0 Å². The Morgan fingerprint density at radius 1 is 0.906 bits per heavy atom. The van der Waals surface area contributed by atoms with Gasteiger partial charge in [-0.05, 0) is 43.2 Å². The van der Waals surface area contributed by atoms with E-state index in [-0.39, 0.29) is 17.1 Å². The fraction of sp³-hybridized carbons (Fsp3) is 0.222. The molecule has 4 aromatic rings. The predicted molar refractivity (Wildman–Crippen MR) is 128 cm³/mol. The van der Waals surface area contributed by atoms with E-state index in [1.165, 1.54) is 6.42 Å². The van der Waals surface area contributed by atoms with Crippen molar-refractivity contribution in [1.29, 1.82) is 0 Å². The average molecular weight is 424 g/mol. The summed E-state index contributed by atoms with van der Waals surface area (Å²) in [7, 11) is 0. The number of nitrogens with one attached hydrogen (secondary N) is 1. The molecule has 1 fully saturated rings. The van der Waals surface area contributed by atoms with Gasteiger partial charge in [-0.2, -0.15) is 0 Å². The Hall–Kier alpha value is -3.73. The van der Waals surface area contributed by atoms with Gasteiger partial charge in [0, 0.05) is 29.6 Å². The summed E-state index contributed by atoms with van der Waals surface area (Å²) in [5, 5.41) is 3.87. The van der Waals surface area contributed by atoms with Gasteiger partial charge < -0.3 is 5.32 Å². The minimum absolute atomic E-state index is 0.0243. The number of Topliss-reactive ketones (excluding diaryl/α,β-unsaturated/α-hetero) is 1. The van der Waals surface area contributed by atoms with E-state index in [2.05, 4.69) is 10.3 Å². The zero-order chi connectivity index (χ0) is 21.9. The SMILES string of the molecule is O=C(c1cc2c(cn1)c(=O)cc(Nc1ccccc1)n2-c1ccccc1)C1CCCCC1. The van der Waals surface area contributed by atoms with E-state index in [1.54, 1.807) is 18.3 Å². The number of fused-ring (bicyclic) bond motifs is 1. The molecule has 1 aliphatic rings. The number of nitrogens with zero attached hydrogens (tertiary/aromatic N) is 2. The predicted octanol–water partition coefficient (Wildman–Crippen LogP) is 5.89. The summed E-state index contributed by atoms with van der Waals surface area (Å²) in [6.45, 7) is 0. The van der Waals surface area contributed by atoms with Crippen LogP contribution in [0.25, 0.3) is 16.6 Å². The highest BCUT2D eigenvalue weighted by Crippen LogP contribution is 2.29. The highest BCUT2D eigenvalue weighted by molar-refractivity contribution is 5.99. The third kappa shape index (κ3) is 3.94. The summed E-state index contributed by atoms with van der Waals surface area (Å²) < 4.78 is 1.99. The maximum atomic E-state index is 13.2. The molecule has 2 aromatic carbocycles. The van der Waals surface area contributed by atoms with Crippen LogP contribution >= 0.6 is 0 Å². The highest BCUT2D eigenvalue weighted by atomic mass is 16.1. The Kier molecular flexibility index (Phi) is 5.55. The number of anilines is 2. The largest absolute Gasteiger partial charge is 0.341 e. The third-order valence-corrected chi connectivity index (χ3v) is 6.19. The number of rotatable bonds is 5. The topological polar surface area (TPSA) is 64.0 Å². The second-order valence-corrected chi connectivity index (χ2v) is 8.34. The molecule has 5 nitrogen and oxygen atoms in total. The zero-order valence-electron chi connectivity index (χ0n) is 17.8. The molecule has 5 heteroatoms. The summed E-state index contributed by atoms with van der Waals surface area (Å²) in [4.78, 5) is 30.6. The van der Waals surface area contributed by atoms with E-state index in [0.717, 1.165) is 37.1 Å². The van der Waals surface area contributed by atoms with Crippen LogP contribution in [0.15, 0.2) is 83.8 Å². The summed E-state index contributed by atoms with van der Waals surface area (Å²) in [6.07, 6.45) is 6.75. The molecular weight excluding hydrogens is 398 g/mol. The Morgan fingerprint density at radius 2 is 1.59 bits per heavy atom. The first-order valence-electron chi connectivity index (χ1n) is 11.2. The molecule has 5 rings (SSSR count). The maximum Gasteiger partial charge on any atom is 0.193 e. The van der Waals surface area contributed by atoms with Crippen LogP contribution in [0.3, 0.4) is 0 Å². The van der Waals surface area contributed by atoms with Gasteiger partial charge in [-0.3, -0.25) is 19.1 Å². The van der Waals surface area contributed by atoms with Crippen LogP contribution < -0.4 is 10.7 Å². The minimum atomic E-state index is -0.130. The molecule has 0 saturated heterocycles. The fourth-order valence-electron chi connectivity index (χ4n) is 4.54. The van der Waals surface area contributed by atoms with Gasteiger partial charge in [0.1, 0.15) is 11.5 Å². The Labute approximate surface area is 186 Å². The van der Waals surface area contributed by atoms with Crippen LogP contribution in [0.1, 0.15) is 42.6 Å². The normalized spacial score (nSPS) is 14.4. The smallest absolute Gasteiger partial charge is 0.193 e. The van der Waals surface area contributed by atoms with Gasteiger partial charge in [0.2, 0.25) is 0 Å². The lowest BCUT2D eigenvalue weighted by molar-refractivity contribution is 0.0884. The number of hydrogen-bond donors (Lipinski definition) is 1. The van der Waals surface area contributed by atoms with Crippen LogP contribution in [0.4, 0.5) is 11.5 Å². The van der Waals surface area contributed by atoms with Crippen molar-refractivity contribution in [3.05, 3.63) is 94.9 Å². The molecule has 0 amide bonds. The zero-order valence-corrected chi connectivity index (χ0v) is 17.8. The van der Waals surface area contributed by atoms with Crippen molar-refractivity contribution in [2.24, 2.45) is 5.92 Å². The van der Waals surface area contributed by atoms with E-state index in [9.17, 15) is 9.59 Å². The molecule has 1 N–H and O–H groups in total. The number of aromatic nitrogens is 2. The monoisotopic (exact) mass is 423 g/mol. The molecule has 2 aromatic heterocycles. The second-order valence-electron chi connectivity index (χ2n) is 8.34. The van der Waals surface area contributed by atoms with Crippen LogP contribution in [-0.2, 0) is 0 Å². The van der Waals surface area contributed by atoms with Gasteiger partial charge in [0.25, 0.3) is 0 Å². The van der Waals surface area contributed by atoms with Crippen molar-refractivity contribution in [2.45, 2.75) is 32.1 Å². The molecule has 32 heavy (non-hydrogen) atoms. The molecule has 0 spiro atoms. The average Bonchev–Trinajstić information content (AvgIpc) is 2.85. The van der Waals surface area contributed by atoms with Crippen LogP contribution in [0.5, 0.6) is 0 Å². The summed E-state index contributed by atoms with van der Waals surface area (Å²) >= 11 is 0. The van der Waals surface area contributed by atoms with E-state index >= 15 is 0 Å². The van der Waals surface area contributed by atoms with E-state index in [1.807, 2.05) is 65.2 Å². The van der Waals surface area contributed by atoms with Crippen molar-refractivity contribution >= 4 is 28.2 Å². The number of carbonyl (C=O) groups is 1. The first-order chi connectivity index (χ1) is 15.7. The van der Waals surface area contributed by atoms with Crippen molar-refractivity contribution in [1.82, 2.24) is 9.55 Å². The van der Waals surface area contributed by atoms with Gasteiger partial charge in [-0.1, -0.05) is 55.7 Å². The van der Waals surface area contributed by atoms with Crippen LogP contribution in [0, 0.1) is 5.92 Å². The molecule has 0 unspecified atom stereocenters. The molecule has 160 valence electrons. The van der Waals surface area contributed by atoms with Gasteiger partial charge in [0.15, 0.2) is 11.2 Å². The first kappa shape index (κ1) is 20.2. The molecule has 1 saturated carbocycles. The molecule has 2 heterocycles. The summed E-state index contributed by atoms with van der Waals surface area (Å²) in [5.74, 6) is 0.749. The van der Waals surface area contributed by atoms with Crippen molar-refractivity contribution < 1.29 is 4.79 Å². The second kappa shape index (κ2) is 8.79. The number of carbonyl (C=O) groups excluding carboxylic acids is 1. The number of benzene rings is 2. The Balaban J connectivity index is 1.69. The van der Waals surface area contributed by atoms with Gasteiger partial charge in [0.05, 0.1) is 10.9 Å².